The van der Waals surface area contributed by atoms with E-state index in [0.29, 0.717) is 26.8 Å². The molecule has 0 N–H and O–H groups in total. The number of thiophene rings is 1. The van der Waals surface area contributed by atoms with Crippen LogP contribution in [0.25, 0.3) is 15.9 Å². The number of fused-ring (bicyclic) bond motifs is 2. The zero-order valence-corrected chi connectivity index (χ0v) is 15.3. The van der Waals surface area contributed by atoms with Gasteiger partial charge in [0.15, 0.2) is 0 Å². The summed E-state index contributed by atoms with van der Waals surface area (Å²) in [5.74, 6) is 0.0414. The van der Waals surface area contributed by atoms with Crippen molar-refractivity contribution in [2.24, 2.45) is 0 Å². The fourth-order valence-electron chi connectivity index (χ4n) is 3.70. The Morgan fingerprint density at radius 1 is 1.40 bits per heavy atom. The second-order valence-electron chi connectivity index (χ2n) is 6.69. The first-order chi connectivity index (χ1) is 12.1. The zero-order valence-electron chi connectivity index (χ0n) is 14.5. The number of amides is 1. The molecule has 4 heterocycles. The van der Waals surface area contributed by atoms with Crippen LogP contribution in [-0.4, -0.2) is 32.8 Å². The van der Waals surface area contributed by atoms with Gasteiger partial charge in [0.2, 0.25) is 0 Å². The predicted molar refractivity (Wildman–Crippen MR) is 101 cm³/mol. The molecule has 130 valence electrons. The van der Waals surface area contributed by atoms with E-state index >= 15 is 0 Å². The summed E-state index contributed by atoms with van der Waals surface area (Å²) >= 11 is 1.33. The van der Waals surface area contributed by atoms with Crippen molar-refractivity contribution in [3.05, 3.63) is 45.2 Å². The highest BCUT2D eigenvalue weighted by Gasteiger charge is 2.27. The van der Waals surface area contributed by atoms with Gasteiger partial charge in [-0.3, -0.25) is 14.0 Å². The van der Waals surface area contributed by atoms with E-state index < -0.39 is 0 Å². The topological polar surface area (TPSA) is 54.7 Å². The van der Waals surface area contributed by atoms with Gasteiger partial charge in [0.05, 0.1) is 10.3 Å². The van der Waals surface area contributed by atoms with Crippen molar-refractivity contribution in [1.82, 2.24) is 14.3 Å². The lowest BCUT2D eigenvalue weighted by Gasteiger charge is -2.34. The number of likely N-dealkylation sites (tertiary alicyclic amines) is 1. The summed E-state index contributed by atoms with van der Waals surface area (Å²) in [4.78, 5) is 33.7. The van der Waals surface area contributed by atoms with Gasteiger partial charge in [-0.15, -0.1) is 11.3 Å². The molecule has 0 aliphatic carbocycles. The van der Waals surface area contributed by atoms with Crippen LogP contribution in [0.2, 0.25) is 0 Å². The Morgan fingerprint density at radius 2 is 2.24 bits per heavy atom. The molecule has 0 saturated carbocycles. The van der Waals surface area contributed by atoms with Gasteiger partial charge >= 0.3 is 0 Å². The molecule has 6 heteroatoms. The van der Waals surface area contributed by atoms with Gasteiger partial charge in [-0.2, -0.15) is 0 Å². The van der Waals surface area contributed by atoms with Gasteiger partial charge in [-0.1, -0.05) is 13.0 Å². The minimum absolute atomic E-state index is 0.0414. The molecule has 1 amide bonds. The van der Waals surface area contributed by atoms with E-state index in [1.54, 1.807) is 16.7 Å². The Morgan fingerprint density at radius 3 is 3.04 bits per heavy atom. The zero-order chi connectivity index (χ0) is 17.6. The highest BCUT2D eigenvalue weighted by Crippen LogP contribution is 2.27. The third-order valence-electron chi connectivity index (χ3n) is 5.10. The normalized spacial score (nSPS) is 18.2. The largest absolute Gasteiger partial charge is 0.335 e. The third-order valence-corrected chi connectivity index (χ3v) is 6.12. The van der Waals surface area contributed by atoms with Crippen LogP contribution < -0.4 is 5.56 Å². The van der Waals surface area contributed by atoms with Gasteiger partial charge in [0, 0.05) is 18.8 Å². The van der Waals surface area contributed by atoms with E-state index in [9.17, 15) is 9.59 Å². The van der Waals surface area contributed by atoms with Gasteiger partial charge in [0.1, 0.15) is 10.5 Å². The Kier molecular flexibility index (Phi) is 4.07. The molecule has 0 radical (unpaired) electrons. The number of hydrogen-bond acceptors (Lipinski definition) is 4. The molecule has 1 atom stereocenters. The number of hydrogen-bond donors (Lipinski definition) is 0. The predicted octanol–water partition coefficient (Wildman–Crippen LogP) is 3.62. The van der Waals surface area contributed by atoms with Gasteiger partial charge < -0.3 is 4.90 Å². The Hall–Kier alpha value is -2.21. The fourth-order valence-corrected chi connectivity index (χ4v) is 4.68. The smallest absolute Gasteiger partial charge is 0.266 e. The highest BCUT2D eigenvalue weighted by atomic mass is 32.1. The minimum Gasteiger partial charge on any atom is -0.335 e. The second-order valence-corrected chi connectivity index (χ2v) is 7.72. The average Bonchev–Trinajstić information content (AvgIpc) is 3.07. The van der Waals surface area contributed by atoms with Crippen molar-refractivity contribution in [2.75, 3.05) is 6.54 Å². The SMILES string of the molecule is CC[C@H]1CCCCN1C(=O)c1cc2c(=O)n3cccc(C)c3nc2s1. The van der Waals surface area contributed by atoms with Crippen LogP contribution in [0.4, 0.5) is 0 Å². The molecule has 4 rings (SSSR count). The first kappa shape index (κ1) is 16.3. The molecular weight excluding hydrogens is 334 g/mol. The van der Waals surface area contributed by atoms with E-state index in [1.165, 1.54) is 17.8 Å². The second kappa shape index (κ2) is 6.26. The van der Waals surface area contributed by atoms with Crippen molar-refractivity contribution in [3.63, 3.8) is 0 Å². The fraction of sp³-hybridized carbons (Fsp3) is 0.421. The Bertz CT molecular complexity index is 1020. The maximum atomic E-state index is 13.0. The first-order valence-corrected chi connectivity index (χ1v) is 9.64. The molecule has 1 fully saturated rings. The number of carbonyl (C=O) groups is 1. The Labute approximate surface area is 149 Å². The van der Waals surface area contributed by atoms with Crippen molar-refractivity contribution in [1.29, 1.82) is 0 Å². The molecule has 0 bridgehead atoms. The maximum absolute atomic E-state index is 13.0. The summed E-state index contributed by atoms with van der Waals surface area (Å²) < 4.78 is 1.56. The molecule has 1 aliphatic rings. The van der Waals surface area contributed by atoms with E-state index in [2.05, 4.69) is 11.9 Å². The first-order valence-electron chi connectivity index (χ1n) is 8.82. The van der Waals surface area contributed by atoms with E-state index in [-0.39, 0.29) is 11.5 Å². The standard InChI is InChI=1S/C19H21N3O2S/c1-3-13-8-4-5-9-21(13)19(24)15-11-14-17(25-15)20-16-12(2)7-6-10-22(16)18(14)23/h6-7,10-11,13H,3-5,8-9H2,1-2H3/t13-/m0/s1. The monoisotopic (exact) mass is 355 g/mol. The van der Waals surface area contributed by atoms with Crippen LogP contribution in [0, 0.1) is 6.92 Å². The lowest BCUT2D eigenvalue weighted by Crippen LogP contribution is -2.43. The molecule has 25 heavy (non-hydrogen) atoms. The number of pyridine rings is 1. The molecule has 3 aromatic heterocycles. The van der Waals surface area contributed by atoms with Crippen LogP contribution in [0.5, 0.6) is 0 Å². The van der Waals surface area contributed by atoms with Crippen molar-refractivity contribution in [2.45, 2.75) is 45.6 Å². The van der Waals surface area contributed by atoms with Crippen LogP contribution in [-0.2, 0) is 0 Å². The highest BCUT2D eigenvalue weighted by molar-refractivity contribution is 7.20. The molecule has 0 spiro atoms. The summed E-state index contributed by atoms with van der Waals surface area (Å²) in [7, 11) is 0. The quantitative estimate of drug-likeness (QED) is 0.705. The van der Waals surface area contributed by atoms with Crippen LogP contribution in [0.15, 0.2) is 29.2 Å². The van der Waals surface area contributed by atoms with Crippen molar-refractivity contribution in [3.8, 4) is 0 Å². The van der Waals surface area contributed by atoms with Crippen LogP contribution in [0.3, 0.4) is 0 Å². The molecule has 0 unspecified atom stereocenters. The van der Waals surface area contributed by atoms with Gasteiger partial charge in [0.25, 0.3) is 11.5 Å². The van der Waals surface area contributed by atoms with Crippen LogP contribution >= 0.6 is 11.3 Å². The lowest BCUT2D eigenvalue weighted by atomic mass is 10.00. The van der Waals surface area contributed by atoms with E-state index in [0.717, 1.165) is 31.4 Å². The van der Waals surface area contributed by atoms with Crippen molar-refractivity contribution < 1.29 is 4.79 Å². The number of carbonyl (C=O) groups excluding carboxylic acids is 1. The number of rotatable bonds is 2. The summed E-state index contributed by atoms with van der Waals surface area (Å²) in [6, 6.07) is 5.82. The number of nitrogens with zero attached hydrogens (tertiary/aromatic N) is 3. The summed E-state index contributed by atoms with van der Waals surface area (Å²) in [6.07, 6.45) is 6.01. The minimum atomic E-state index is -0.107. The van der Waals surface area contributed by atoms with E-state index in [1.807, 2.05) is 24.0 Å². The summed E-state index contributed by atoms with van der Waals surface area (Å²) in [6.45, 7) is 4.87. The number of aromatic nitrogens is 2. The Balaban J connectivity index is 1.82. The average molecular weight is 355 g/mol. The van der Waals surface area contributed by atoms with Crippen LogP contribution in [0.1, 0.15) is 47.8 Å². The van der Waals surface area contributed by atoms with Gasteiger partial charge in [-0.05, 0) is 50.3 Å². The molecule has 5 nitrogen and oxygen atoms in total. The molecule has 1 saturated heterocycles. The molecular formula is C19H21N3O2S. The summed E-state index contributed by atoms with van der Waals surface area (Å²) in [5.41, 5.74) is 1.50. The summed E-state index contributed by atoms with van der Waals surface area (Å²) in [5, 5.41) is 0.529. The number of aryl methyl sites for hydroxylation is 1. The molecule has 0 aromatic carbocycles. The third kappa shape index (κ3) is 2.65. The number of piperidine rings is 1. The van der Waals surface area contributed by atoms with Crippen molar-refractivity contribution >= 4 is 33.1 Å². The molecule has 1 aliphatic heterocycles. The lowest BCUT2D eigenvalue weighted by molar-refractivity contribution is 0.0613. The van der Waals surface area contributed by atoms with Gasteiger partial charge in [-0.25, -0.2) is 4.98 Å². The van der Waals surface area contributed by atoms with E-state index in [4.69, 9.17) is 0 Å². The maximum Gasteiger partial charge on any atom is 0.266 e. The molecule has 3 aromatic rings.